The molecule has 4 atom stereocenters. The lowest BCUT2D eigenvalue weighted by molar-refractivity contribution is 0.293. The molecule has 2 fully saturated rings. The van der Waals surface area contributed by atoms with Crippen molar-refractivity contribution in [3.63, 3.8) is 0 Å². The van der Waals surface area contributed by atoms with E-state index in [-0.39, 0.29) is 0 Å². The minimum atomic E-state index is 0.749. The van der Waals surface area contributed by atoms with E-state index in [9.17, 15) is 0 Å². The highest BCUT2D eigenvalue weighted by atomic mass is 15.0. The van der Waals surface area contributed by atoms with Gasteiger partial charge < -0.3 is 10.6 Å². The molecule has 2 heteroatoms. The molecule has 0 heterocycles. The van der Waals surface area contributed by atoms with Crippen molar-refractivity contribution in [2.24, 2.45) is 11.8 Å². The molecule has 0 amide bonds. The number of fused-ring (bicyclic) bond motifs is 2. The molecule has 0 spiro atoms. The fourth-order valence-corrected chi connectivity index (χ4v) is 3.12. The van der Waals surface area contributed by atoms with E-state index >= 15 is 0 Å². The lowest BCUT2D eigenvalue weighted by Crippen LogP contribution is -2.48. The monoisotopic (exact) mass is 154 g/mol. The zero-order valence-electron chi connectivity index (χ0n) is 7.43. The third-order valence-corrected chi connectivity index (χ3v) is 3.58. The summed E-state index contributed by atoms with van der Waals surface area (Å²) in [5, 5.41) is 6.87. The zero-order chi connectivity index (χ0) is 7.84. The van der Waals surface area contributed by atoms with Gasteiger partial charge in [0.1, 0.15) is 0 Å². The van der Waals surface area contributed by atoms with Crippen molar-refractivity contribution >= 4 is 0 Å². The van der Waals surface area contributed by atoms with Crippen molar-refractivity contribution in [3.05, 3.63) is 0 Å². The second-order valence-corrected chi connectivity index (χ2v) is 3.96. The molecule has 4 unspecified atom stereocenters. The number of rotatable bonds is 2. The molecule has 0 aliphatic heterocycles. The Labute approximate surface area is 68.7 Å². The Kier molecular flexibility index (Phi) is 1.90. The first-order valence-corrected chi connectivity index (χ1v) is 4.71. The van der Waals surface area contributed by atoms with Crippen LogP contribution in [0.1, 0.15) is 19.3 Å². The minimum Gasteiger partial charge on any atom is -0.315 e. The molecule has 2 saturated carbocycles. The summed E-state index contributed by atoms with van der Waals surface area (Å²) >= 11 is 0. The van der Waals surface area contributed by atoms with Crippen LogP contribution >= 0.6 is 0 Å². The van der Waals surface area contributed by atoms with Crippen LogP contribution in [0.4, 0.5) is 0 Å². The van der Waals surface area contributed by atoms with Crippen LogP contribution in [-0.2, 0) is 0 Å². The molecule has 11 heavy (non-hydrogen) atoms. The molecule has 0 aromatic carbocycles. The predicted molar refractivity (Wildman–Crippen MR) is 46.5 cm³/mol. The highest BCUT2D eigenvalue weighted by Gasteiger charge is 2.45. The van der Waals surface area contributed by atoms with Gasteiger partial charge in [-0.25, -0.2) is 0 Å². The summed E-state index contributed by atoms with van der Waals surface area (Å²) in [4.78, 5) is 0. The zero-order valence-corrected chi connectivity index (χ0v) is 7.43. The Hall–Kier alpha value is -0.0800. The van der Waals surface area contributed by atoms with Gasteiger partial charge in [-0.2, -0.15) is 0 Å². The molecule has 2 rings (SSSR count). The third kappa shape index (κ3) is 1.00. The average molecular weight is 154 g/mol. The van der Waals surface area contributed by atoms with E-state index in [4.69, 9.17) is 0 Å². The number of likely N-dealkylation sites (N-methyl/N-ethyl adjacent to an activating group) is 2. The van der Waals surface area contributed by atoms with Crippen LogP contribution in [0.3, 0.4) is 0 Å². The Balaban J connectivity index is 2.08. The molecule has 2 aliphatic carbocycles. The topological polar surface area (TPSA) is 24.1 Å². The van der Waals surface area contributed by atoms with Gasteiger partial charge in [-0.15, -0.1) is 0 Å². The van der Waals surface area contributed by atoms with Crippen molar-refractivity contribution in [2.45, 2.75) is 31.3 Å². The number of nitrogens with one attached hydrogen (secondary N) is 2. The molecular formula is C9H18N2. The van der Waals surface area contributed by atoms with Gasteiger partial charge in [0, 0.05) is 12.1 Å². The van der Waals surface area contributed by atoms with Gasteiger partial charge in [0.25, 0.3) is 0 Å². The van der Waals surface area contributed by atoms with E-state index in [1.165, 1.54) is 19.3 Å². The van der Waals surface area contributed by atoms with Crippen LogP contribution in [0.5, 0.6) is 0 Å². The highest BCUT2D eigenvalue weighted by molar-refractivity contribution is 5.03. The van der Waals surface area contributed by atoms with Gasteiger partial charge in [0.15, 0.2) is 0 Å². The molecule has 2 nitrogen and oxygen atoms in total. The average Bonchev–Trinajstić information content (AvgIpc) is 2.60. The predicted octanol–water partition coefficient (Wildman–Crippen LogP) is 0.592. The summed E-state index contributed by atoms with van der Waals surface area (Å²) in [7, 11) is 4.19. The van der Waals surface area contributed by atoms with E-state index in [0.29, 0.717) is 0 Å². The van der Waals surface area contributed by atoms with Crippen LogP contribution in [0.15, 0.2) is 0 Å². The SMILES string of the molecule is CNC1C2CCC(C2)C1NC. The van der Waals surface area contributed by atoms with Crippen LogP contribution in [0.25, 0.3) is 0 Å². The van der Waals surface area contributed by atoms with Gasteiger partial charge in [-0.1, -0.05) is 0 Å². The number of hydrogen-bond acceptors (Lipinski definition) is 2. The maximum absolute atomic E-state index is 3.43. The van der Waals surface area contributed by atoms with Crippen molar-refractivity contribution in [1.29, 1.82) is 0 Å². The van der Waals surface area contributed by atoms with E-state index in [1.54, 1.807) is 0 Å². The first kappa shape index (κ1) is 7.56. The Morgan fingerprint density at radius 1 is 0.909 bits per heavy atom. The smallest absolute Gasteiger partial charge is 0.0249 e. The third-order valence-electron chi connectivity index (χ3n) is 3.58. The Morgan fingerprint density at radius 3 is 1.73 bits per heavy atom. The number of hydrogen-bond donors (Lipinski definition) is 2. The Bertz CT molecular complexity index is 130. The van der Waals surface area contributed by atoms with E-state index < -0.39 is 0 Å². The first-order chi connectivity index (χ1) is 5.36. The summed E-state index contributed by atoms with van der Waals surface area (Å²) in [6.07, 6.45) is 4.36. The Morgan fingerprint density at radius 2 is 1.36 bits per heavy atom. The lowest BCUT2D eigenvalue weighted by Gasteiger charge is -2.30. The van der Waals surface area contributed by atoms with Gasteiger partial charge in [-0.3, -0.25) is 0 Å². The molecule has 0 radical (unpaired) electrons. The molecule has 0 saturated heterocycles. The van der Waals surface area contributed by atoms with E-state index in [0.717, 1.165) is 23.9 Å². The molecule has 2 aliphatic rings. The minimum absolute atomic E-state index is 0.749. The second kappa shape index (κ2) is 2.76. The van der Waals surface area contributed by atoms with Crippen LogP contribution in [0, 0.1) is 11.8 Å². The fraction of sp³-hybridized carbons (Fsp3) is 1.00. The summed E-state index contributed by atoms with van der Waals surface area (Å²) in [5.74, 6) is 1.92. The quantitative estimate of drug-likeness (QED) is 0.608. The molecular weight excluding hydrogens is 136 g/mol. The highest BCUT2D eigenvalue weighted by Crippen LogP contribution is 2.44. The van der Waals surface area contributed by atoms with Crippen molar-refractivity contribution in [1.82, 2.24) is 10.6 Å². The summed E-state index contributed by atoms with van der Waals surface area (Å²) in [6, 6.07) is 1.50. The van der Waals surface area contributed by atoms with Crippen molar-refractivity contribution < 1.29 is 0 Å². The lowest BCUT2D eigenvalue weighted by atomic mass is 9.91. The molecule has 2 bridgehead atoms. The molecule has 0 aromatic heterocycles. The second-order valence-electron chi connectivity index (χ2n) is 3.96. The largest absolute Gasteiger partial charge is 0.315 e. The maximum atomic E-state index is 3.43. The normalized spacial score (nSPS) is 48.5. The van der Waals surface area contributed by atoms with Crippen molar-refractivity contribution in [3.8, 4) is 0 Å². The summed E-state index contributed by atoms with van der Waals surface area (Å²) in [5.41, 5.74) is 0. The molecule has 64 valence electrons. The van der Waals surface area contributed by atoms with E-state index in [2.05, 4.69) is 24.7 Å². The van der Waals surface area contributed by atoms with Crippen LogP contribution < -0.4 is 10.6 Å². The van der Waals surface area contributed by atoms with Crippen molar-refractivity contribution in [2.75, 3.05) is 14.1 Å². The van der Waals surface area contributed by atoms with Gasteiger partial charge in [0.05, 0.1) is 0 Å². The van der Waals surface area contributed by atoms with Gasteiger partial charge >= 0.3 is 0 Å². The molecule has 2 N–H and O–H groups in total. The van der Waals surface area contributed by atoms with Gasteiger partial charge in [0.2, 0.25) is 0 Å². The standard InChI is InChI=1S/C9H18N2/c1-10-8-6-3-4-7(5-6)9(8)11-2/h6-11H,3-5H2,1-2H3. The summed E-state index contributed by atoms with van der Waals surface area (Å²) in [6.45, 7) is 0. The fourth-order valence-electron chi connectivity index (χ4n) is 3.12. The van der Waals surface area contributed by atoms with Crippen LogP contribution in [-0.4, -0.2) is 26.2 Å². The van der Waals surface area contributed by atoms with Gasteiger partial charge in [-0.05, 0) is 45.2 Å². The molecule has 0 aromatic rings. The van der Waals surface area contributed by atoms with E-state index in [1.807, 2.05) is 0 Å². The first-order valence-electron chi connectivity index (χ1n) is 4.71. The maximum Gasteiger partial charge on any atom is 0.0249 e. The van der Waals surface area contributed by atoms with Crippen LogP contribution in [0.2, 0.25) is 0 Å². The summed E-state index contributed by atoms with van der Waals surface area (Å²) < 4.78 is 0.